The van der Waals surface area contributed by atoms with E-state index in [1.807, 2.05) is 30.3 Å². The average Bonchev–Trinajstić information content (AvgIpc) is 3.22. The molecule has 204 valence electrons. The molecule has 0 saturated heterocycles. The smallest absolute Gasteiger partial charge is 0.411 e. The van der Waals surface area contributed by atoms with Gasteiger partial charge in [0, 0.05) is 12.1 Å². The van der Waals surface area contributed by atoms with Gasteiger partial charge in [-0.3, -0.25) is 5.32 Å². The molecule has 0 bridgehead atoms. The van der Waals surface area contributed by atoms with E-state index in [-0.39, 0.29) is 12.2 Å². The number of nitrogens with one attached hydrogen (secondary N) is 1. The Morgan fingerprint density at radius 1 is 1.00 bits per heavy atom. The summed E-state index contributed by atoms with van der Waals surface area (Å²) in [6.45, 7) is 12.5. The number of para-hydroxylation sites is 1. The Labute approximate surface area is 226 Å². The summed E-state index contributed by atoms with van der Waals surface area (Å²) in [6.07, 6.45) is 16.5. The molecule has 3 fully saturated rings. The van der Waals surface area contributed by atoms with Crippen molar-refractivity contribution in [1.82, 2.24) is 0 Å². The highest BCUT2D eigenvalue weighted by Gasteiger charge is 2.59. The number of carbonyl (C=O) groups excluding carboxylic acids is 1. The molecule has 1 unspecified atom stereocenters. The lowest BCUT2D eigenvalue weighted by atomic mass is 9.47. The normalized spacial score (nSPS) is 37.7. The van der Waals surface area contributed by atoms with Crippen LogP contribution in [0.4, 0.5) is 10.5 Å². The van der Waals surface area contributed by atoms with E-state index in [0.29, 0.717) is 10.8 Å². The number of fused-ring (bicyclic) bond motifs is 5. The molecule has 3 saturated carbocycles. The maximum absolute atomic E-state index is 12.5. The fourth-order valence-electron chi connectivity index (χ4n) is 9.57. The molecule has 0 radical (unpaired) electrons. The van der Waals surface area contributed by atoms with Crippen molar-refractivity contribution >= 4 is 11.8 Å². The standard InChI is InChI=1S/C34H51NO2/c1-23(2)10-9-11-24(3)29-16-17-30-28-15-14-25-22-27(37-32(36)35-26-12-7-6-8-13-26)18-20-33(25,4)31(28)19-21-34(29,30)5/h6-8,12-14,23-24,27-31H,9-11,15-22H2,1-5H3,(H,35,36)/t24?,27-,28-,29+,30-,31-,33-,34+/m0/s1. The second-order valence-corrected chi connectivity index (χ2v) is 14.1. The molecule has 0 aromatic heterocycles. The molecule has 1 amide bonds. The predicted molar refractivity (Wildman–Crippen MR) is 153 cm³/mol. The molecular formula is C34H51NO2. The second kappa shape index (κ2) is 10.8. The summed E-state index contributed by atoms with van der Waals surface area (Å²) < 4.78 is 5.91. The van der Waals surface area contributed by atoms with Crippen LogP contribution in [0.5, 0.6) is 0 Å². The van der Waals surface area contributed by atoms with Crippen LogP contribution >= 0.6 is 0 Å². The average molecular weight is 506 g/mol. The quantitative estimate of drug-likeness (QED) is 0.375. The second-order valence-electron chi connectivity index (χ2n) is 14.1. The molecule has 0 heterocycles. The number of rotatable bonds is 7. The zero-order valence-corrected chi connectivity index (χ0v) is 24.1. The Morgan fingerprint density at radius 3 is 2.54 bits per heavy atom. The van der Waals surface area contributed by atoms with Crippen molar-refractivity contribution in [3.8, 4) is 0 Å². The van der Waals surface area contributed by atoms with Gasteiger partial charge in [0.1, 0.15) is 6.10 Å². The molecule has 5 rings (SSSR count). The van der Waals surface area contributed by atoms with E-state index >= 15 is 0 Å². The summed E-state index contributed by atoms with van der Waals surface area (Å²) >= 11 is 0. The van der Waals surface area contributed by atoms with Gasteiger partial charge in [0.25, 0.3) is 0 Å². The van der Waals surface area contributed by atoms with E-state index < -0.39 is 0 Å². The molecule has 1 aromatic rings. The predicted octanol–water partition coefficient (Wildman–Crippen LogP) is 9.65. The minimum Gasteiger partial charge on any atom is -0.446 e. The van der Waals surface area contributed by atoms with Crippen LogP contribution in [0, 0.1) is 46.3 Å². The fourth-order valence-corrected chi connectivity index (χ4v) is 9.57. The number of anilines is 1. The summed E-state index contributed by atoms with van der Waals surface area (Å²) in [5.74, 6) is 5.15. The van der Waals surface area contributed by atoms with Crippen LogP contribution in [0.1, 0.15) is 105 Å². The Kier molecular flexibility index (Phi) is 7.81. The summed E-state index contributed by atoms with van der Waals surface area (Å²) in [5, 5.41) is 2.90. The fraction of sp³-hybridized carbons (Fsp3) is 0.735. The summed E-state index contributed by atoms with van der Waals surface area (Å²) in [4.78, 5) is 12.5. The third-order valence-corrected chi connectivity index (χ3v) is 11.6. The molecule has 8 atom stereocenters. The zero-order chi connectivity index (χ0) is 26.2. The summed E-state index contributed by atoms with van der Waals surface area (Å²) in [7, 11) is 0. The molecule has 3 nitrogen and oxygen atoms in total. The van der Waals surface area contributed by atoms with Crippen LogP contribution in [0.3, 0.4) is 0 Å². The first-order valence-corrected chi connectivity index (χ1v) is 15.4. The monoisotopic (exact) mass is 505 g/mol. The highest BCUT2D eigenvalue weighted by atomic mass is 16.6. The van der Waals surface area contributed by atoms with Gasteiger partial charge in [0.05, 0.1) is 0 Å². The molecule has 4 aliphatic rings. The molecule has 1 aromatic carbocycles. The van der Waals surface area contributed by atoms with E-state index in [4.69, 9.17) is 4.74 Å². The Bertz CT molecular complexity index is 969. The highest BCUT2D eigenvalue weighted by Crippen LogP contribution is 2.67. The molecule has 0 spiro atoms. The first-order chi connectivity index (χ1) is 17.7. The number of carbonyl (C=O) groups is 1. The maximum Gasteiger partial charge on any atom is 0.411 e. The van der Waals surface area contributed by atoms with Gasteiger partial charge in [-0.25, -0.2) is 4.79 Å². The van der Waals surface area contributed by atoms with Gasteiger partial charge in [-0.1, -0.05) is 83.7 Å². The van der Waals surface area contributed by atoms with Crippen LogP contribution in [-0.2, 0) is 4.74 Å². The van der Waals surface area contributed by atoms with Gasteiger partial charge >= 0.3 is 6.09 Å². The lowest BCUT2D eigenvalue weighted by Crippen LogP contribution is -2.51. The SMILES string of the molecule is CC(C)CCCC(C)[C@H]1CC[C@H]2[C@@H]3CC=C4C[C@@H](OC(=O)Nc5ccccc5)CC[C@]4(C)[C@H]3CC[C@]12C. The van der Waals surface area contributed by atoms with Gasteiger partial charge < -0.3 is 4.74 Å². The van der Waals surface area contributed by atoms with Gasteiger partial charge in [0.15, 0.2) is 0 Å². The van der Waals surface area contributed by atoms with E-state index in [9.17, 15) is 4.79 Å². The van der Waals surface area contributed by atoms with E-state index in [2.05, 4.69) is 46.0 Å². The summed E-state index contributed by atoms with van der Waals surface area (Å²) in [5.41, 5.74) is 3.21. The number of allylic oxidation sites excluding steroid dienone is 1. The van der Waals surface area contributed by atoms with Crippen molar-refractivity contribution < 1.29 is 9.53 Å². The molecule has 3 heteroatoms. The van der Waals surface area contributed by atoms with Crippen molar-refractivity contribution in [2.45, 2.75) is 111 Å². The number of ether oxygens (including phenoxy) is 1. The zero-order valence-electron chi connectivity index (χ0n) is 24.1. The molecule has 1 N–H and O–H groups in total. The van der Waals surface area contributed by atoms with Crippen molar-refractivity contribution in [3.05, 3.63) is 42.0 Å². The summed E-state index contributed by atoms with van der Waals surface area (Å²) in [6, 6.07) is 9.62. The number of benzene rings is 1. The van der Waals surface area contributed by atoms with Crippen LogP contribution in [-0.4, -0.2) is 12.2 Å². The lowest BCUT2D eigenvalue weighted by molar-refractivity contribution is -0.0577. The largest absolute Gasteiger partial charge is 0.446 e. The number of hydrogen-bond acceptors (Lipinski definition) is 2. The van der Waals surface area contributed by atoms with Crippen LogP contribution in [0.25, 0.3) is 0 Å². The maximum atomic E-state index is 12.5. The third-order valence-electron chi connectivity index (χ3n) is 11.6. The van der Waals surface area contributed by atoms with Gasteiger partial charge in [-0.2, -0.15) is 0 Å². The third kappa shape index (κ3) is 5.26. The van der Waals surface area contributed by atoms with Crippen LogP contribution in [0.15, 0.2) is 42.0 Å². The van der Waals surface area contributed by atoms with Crippen molar-refractivity contribution in [3.63, 3.8) is 0 Å². The minimum absolute atomic E-state index is 0.00371. The van der Waals surface area contributed by atoms with E-state index in [1.165, 1.54) is 51.4 Å². The topological polar surface area (TPSA) is 38.3 Å². The molecular weight excluding hydrogens is 454 g/mol. The Morgan fingerprint density at radius 2 is 1.78 bits per heavy atom. The lowest BCUT2D eigenvalue weighted by Gasteiger charge is -2.58. The first kappa shape index (κ1) is 26.8. The highest BCUT2D eigenvalue weighted by molar-refractivity contribution is 5.84. The van der Waals surface area contributed by atoms with Crippen molar-refractivity contribution in [2.24, 2.45) is 46.3 Å². The molecule has 37 heavy (non-hydrogen) atoms. The van der Waals surface area contributed by atoms with Gasteiger partial charge in [-0.05, 0) is 103 Å². The number of amides is 1. The Hall–Kier alpha value is -1.77. The van der Waals surface area contributed by atoms with Crippen molar-refractivity contribution in [1.29, 1.82) is 0 Å². The molecule has 4 aliphatic carbocycles. The van der Waals surface area contributed by atoms with Gasteiger partial charge in [-0.15, -0.1) is 0 Å². The van der Waals surface area contributed by atoms with Gasteiger partial charge in [0.2, 0.25) is 0 Å². The van der Waals surface area contributed by atoms with Crippen LogP contribution < -0.4 is 5.32 Å². The van der Waals surface area contributed by atoms with Crippen LogP contribution in [0.2, 0.25) is 0 Å². The van der Waals surface area contributed by atoms with E-state index in [1.54, 1.807) is 5.57 Å². The Balaban J connectivity index is 1.22. The first-order valence-electron chi connectivity index (χ1n) is 15.4. The number of hydrogen-bond donors (Lipinski definition) is 1. The minimum atomic E-state index is -0.318. The van der Waals surface area contributed by atoms with E-state index in [0.717, 1.165) is 60.5 Å². The molecule has 0 aliphatic heterocycles. The van der Waals surface area contributed by atoms with Crippen molar-refractivity contribution in [2.75, 3.05) is 5.32 Å².